The summed E-state index contributed by atoms with van der Waals surface area (Å²) in [6.07, 6.45) is 0.986. The molecule has 0 aromatic rings. The predicted octanol–water partition coefficient (Wildman–Crippen LogP) is 1.50. The van der Waals surface area contributed by atoms with Crippen LogP contribution in [0.4, 0.5) is 0 Å². The van der Waals surface area contributed by atoms with Gasteiger partial charge in [0.2, 0.25) is 0 Å². The van der Waals surface area contributed by atoms with E-state index in [2.05, 4.69) is 13.8 Å². The Bertz CT molecular complexity index is 245. The van der Waals surface area contributed by atoms with E-state index < -0.39 is 5.60 Å². The van der Waals surface area contributed by atoms with Crippen molar-refractivity contribution in [1.82, 2.24) is 4.90 Å². The quantitative estimate of drug-likeness (QED) is 0.743. The van der Waals surface area contributed by atoms with E-state index in [0.29, 0.717) is 0 Å². The Morgan fingerprint density at radius 3 is 2.53 bits per heavy atom. The Balaban J connectivity index is 2.62. The smallest absolute Gasteiger partial charge is 0.253 e. The van der Waals surface area contributed by atoms with E-state index in [4.69, 9.17) is 0 Å². The van der Waals surface area contributed by atoms with Crippen molar-refractivity contribution in [3.05, 3.63) is 0 Å². The topological polar surface area (TPSA) is 40.5 Å². The van der Waals surface area contributed by atoms with Crippen molar-refractivity contribution in [3.63, 3.8) is 0 Å². The number of amides is 1. The number of carbonyl (C=O) groups is 1. The lowest BCUT2D eigenvalue weighted by molar-refractivity contribution is -0.147. The molecule has 1 saturated heterocycles. The lowest BCUT2D eigenvalue weighted by Gasteiger charge is -2.27. The third-order valence-corrected chi connectivity index (χ3v) is 4.02. The van der Waals surface area contributed by atoms with Gasteiger partial charge in [0.1, 0.15) is 5.60 Å². The molecule has 0 atom stereocenters. The van der Waals surface area contributed by atoms with Gasteiger partial charge in [-0.1, -0.05) is 13.8 Å². The Morgan fingerprint density at radius 2 is 2.00 bits per heavy atom. The van der Waals surface area contributed by atoms with Gasteiger partial charge in [0, 0.05) is 23.6 Å². The fourth-order valence-corrected chi connectivity index (χ4v) is 2.71. The normalized spacial score (nSPS) is 22.3. The Morgan fingerprint density at radius 1 is 1.40 bits per heavy atom. The van der Waals surface area contributed by atoms with Gasteiger partial charge in [-0.25, -0.2) is 0 Å². The fourth-order valence-electron chi connectivity index (χ4n) is 1.61. The molecule has 4 heteroatoms. The highest BCUT2D eigenvalue weighted by Crippen LogP contribution is 2.31. The average Bonchev–Trinajstić information content (AvgIpc) is 2.23. The molecule has 0 saturated carbocycles. The zero-order valence-corrected chi connectivity index (χ0v) is 10.9. The van der Waals surface area contributed by atoms with E-state index in [-0.39, 0.29) is 10.7 Å². The summed E-state index contributed by atoms with van der Waals surface area (Å²) in [6, 6.07) is 0. The molecule has 0 radical (unpaired) electrons. The summed E-state index contributed by atoms with van der Waals surface area (Å²) < 4.78 is 0.245. The number of aliphatic hydroxyl groups is 1. The van der Waals surface area contributed by atoms with Crippen molar-refractivity contribution < 1.29 is 9.90 Å². The minimum absolute atomic E-state index is 0.152. The highest BCUT2D eigenvalue weighted by Gasteiger charge is 2.32. The third-order valence-electron chi connectivity index (χ3n) is 2.65. The second kappa shape index (κ2) is 4.34. The molecular formula is C11H21NO2S. The molecule has 15 heavy (non-hydrogen) atoms. The second-order valence-electron chi connectivity index (χ2n) is 5.21. The SMILES string of the molecule is CC1(C)CCN(C(=O)C(C)(C)O)CCS1. The van der Waals surface area contributed by atoms with Gasteiger partial charge in [0.25, 0.3) is 5.91 Å². The summed E-state index contributed by atoms with van der Waals surface area (Å²) in [6.45, 7) is 9.02. The maximum Gasteiger partial charge on any atom is 0.253 e. The van der Waals surface area contributed by atoms with Crippen LogP contribution in [0, 0.1) is 0 Å². The molecule has 1 rings (SSSR count). The molecule has 3 nitrogen and oxygen atoms in total. The zero-order chi connectivity index (χ0) is 11.7. The Kier molecular flexibility index (Phi) is 3.71. The van der Waals surface area contributed by atoms with E-state index in [9.17, 15) is 9.90 Å². The fraction of sp³-hybridized carbons (Fsp3) is 0.909. The minimum Gasteiger partial charge on any atom is -0.381 e. The van der Waals surface area contributed by atoms with Crippen molar-refractivity contribution in [3.8, 4) is 0 Å². The summed E-state index contributed by atoms with van der Waals surface area (Å²) in [7, 11) is 0. The number of rotatable bonds is 1. The second-order valence-corrected chi connectivity index (χ2v) is 7.01. The molecule has 1 aliphatic rings. The first-order chi connectivity index (χ1) is 6.72. The van der Waals surface area contributed by atoms with Gasteiger partial charge >= 0.3 is 0 Å². The van der Waals surface area contributed by atoms with E-state index in [0.717, 1.165) is 25.3 Å². The number of thioether (sulfide) groups is 1. The summed E-state index contributed by atoms with van der Waals surface area (Å²) in [5.74, 6) is 0.801. The van der Waals surface area contributed by atoms with E-state index in [1.165, 1.54) is 0 Å². The van der Waals surface area contributed by atoms with Crippen LogP contribution in [0.15, 0.2) is 0 Å². The molecule has 1 fully saturated rings. The van der Waals surface area contributed by atoms with Gasteiger partial charge in [-0.2, -0.15) is 11.8 Å². The number of nitrogens with zero attached hydrogens (tertiary/aromatic N) is 1. The van der Waals surface area contributed by atoms with Crippen LogP contribution in [-0.2, 0) is 4.79 Å². The molecular weight excluding hydrogens is 210 g/mol. The molecule has 0 aromatic carbocycles. The van der Waals surface area contributed by atoms with Crippen molar-refractivity contribution in [2.75, 3.05) is 18.8 Å². The predicted molar refractivity (Wildman–Crippen MR) is 64.0 cm³/mol. The minimum atomic E-state index is -1.24. The first-order valence-electron chi connectivity index (χ1n) is 5.38. The first-order valence-corrected chi connectivity index (χ1v) is 6.37. The van der Waals surface area contributed by atoms with Crippen LogP contribution in [0.25, 0.3) is 0 Å². The lowest BCUT2D eigenvalue weighted by atomic mass is 10.1. The van der Waals surface area contributed by atoms with Crippen molar-refractivity contribution in [2.24, 2.45) is 0 Å². The Hall–Kier alpha value is -0.220. The molecule has 0 aliphatic carbocycles. The highest BCUT2D eigenvalue weighted by molar-refractivity contribution is 8.00. The summed E-state index contributed by atoms with van der Waals surface area (Å²) in [5.41, 5.74) is -1.24. The first kappa shape index (κ1) is 12.8. The average molecular weight is 231 g/mol. The van der Waals surface area contributed by atoms with Gasteiger partial charge in [-0.3, -0.25) is 4.79 Å². The van der Waals surface area contributed by atoms with Crippen LogP contribution in [0.2, 0.25) is 0 Å². The molecule has 1 amide bonds. The molecule has 1 N–H and O–H groups in total. The number of hydrogen-bond acceptors (Lipinski definition) is 3. The zero-order valence-electron chi connectivity index (χ0n) is 10.0. The van der Waals surface area contributed by atoms with Gasteiger partial charge in [-0.05, 0) is 20.3 Å². The maximum absolute atomic E-state index is 11.9. The molecule has 0 spiro atoms. The maximum atomic E-state index is 11.9. The molecule has 0 aromatic heterocycles. The largest absolute Gasteiger partial charge is 0.381 e. The van der Waals surface area contributed by atoms with Crippen molar-refractivity contribution >= 4 is 17.7 Å². The van der Waals surface area contributed by atoms with Crippen LogP contribution >= 0.6 is 11.8 Å². The van der Waals surface area contributed by atoms with Gasteiger partial charge in [-0.15, -0.1) is 0 Å². The third kappa shape index (κ3) is 3.68. The summed E-state index contributed by atoms with van der Waals surface area (Å²) in [5, 5.41) is 9.66. The van der Waals surface area contributed by atoms with Crippen LogP contribution in [0.5, 0.6) is 0 Å². The van der Waals surface area contributed by atoms with E-state index in [1.807, 2.05) is 11.8 Å². The monoisotopic (exact) mass is 231 g/mol. The van der Waals surface area contributed by atoms with Gasteiger partial charge in [0.05, 0.1) is 0 Å². The molecule has 0 bridgehead atoms. The number of carbonyl (C=O) groups excluding carboxylic acids is 1. The van der Waals surface area contributed by atoms with Crippen molar-refractivity contribution in [2.45, 2.75) is 44.5 Å². The summed E-state index contributed by atoms with van der Waals surface area (Å²) in [4.78, 5) is 13.6. The van der Waals surface area contributed by atoms with Crippen LogP contribution in [0.3, 0.4) is 0 Å². The van der Waals surface area contributed by atoms with Gasteiger partial charge in [0.15, 0.2) is 0 Å². The van der Waals surface area contributed by atoms with Crippen LogP contribution < -0.4 is 0 Å². The number of hydrogen-bond donors (Lipinski definition) is 1. The van der Waals surface area contributed by atoms with E-state index >= 15 is 0 Å². The van der Waals surface area contributed by atoms with Gasteiger partial charge < -0.3 is 10.0 Å². The molecule has 88 valence electrons. The highest BCUT2D eigenvalue weighted by atomic mass is 32.2. The summed E-state index contributed by atoms with van der Waals surface area (Å²) >= 11 is 1.90. The molecule has 1 aliphatic heterocycles. The Labute approximate surface area is 96.2 Å². The lowest BCUT2D eigenvalue weighted by Crippen LogP contribution is -2.46. The van der Waals surface area contributed by atoms with E-state index in [1.54, 1.807) is 18.7 Å². The van der Waals surface area contributed by atoms with Crippen molar-refractivity contribution in [1.29, 1.82) is 0 Å². The standard InChI is InChI=1S/C11H21NO2S/c1-10(2)5-6-12(7-8-15-10)9(13)11(3,4)14/h14H,5-8H2,1-4H3. The molecule has 1 heterocycles. The van der Waals surface area contributed by atoms with Crippen LogP contribution in [0.1, 0.15) is 34.1 Å². The van der Waals surface area contributed by atoms with Crippen LogP contribution in [-0.4, -0.2) is 45.1 Å². The molecule has 0 unspecified atom stereocenters.